The molecular formula is C57H35N5S. The van der Waals surface area contributed by atoms with Crippen LogP contribution in [0.2, 0.25) is 0 Å². The lowest BCUT2D eigenvalue weighted by Crippen LogP contribution is -2.01. The van der Waals surface area contributed by atoms with E-state index in [1.54, 1.807) is 0 Å². The van der Waals surface area contributed by atoms with E-state index in [1.165, 1.54) is 69.4 Å². The third-order valence-electron chi connectivity index (χ3n) is 12.4. The third kappa shape index (κ3) is 5.73. The van der Waals surface area contributed by atoms with Crippen molar-refractivity contribution >= 4 is 75.1 Å². The Labute approximate surface area is 366 Å². The first-order chi connectivity index (χ1) is 31.2. The van der Waals surface area contributed by atoms with E-state index in [9.17, 15) is 0 Å². The molecule has 4 heterocycles. The molecule has 0 radical (unpaired) electrons. The van der Waals surface area contributed by atoms with Gasteiger partial charge in [0.2, 0.25) is 0 Å². The second-order valence-electron chi connectivity index (χ2n) is 16.0. The SMILES string of the molecule is c1ccc(-c2ccc3c(c2)c2ccccc2n3-c2ccc3c4ccc5c6ccccc6sc5c4n(-c4cccc(-c5nc(-c6ccccc6)nc(-c6ccccc6)n5)c4)c3c2)cc1. The molecule has 0 unspecified atom stereocenters. The van der Waals surface area contributed by atoms with Gasteiger partial charge in [0.15, 0.2) is 17.5 Å². The minimum absolute atomic E-state index is 0.623. The number of fused-ring (bicyclic) bond motifs is 10. The van der Waals surface area contributed by atoms with Gasteiger partial charge < -0.3 is 9.13 Å². The van der Waals surface area contributed by atoms with Crippen LogP contribution in [-0.2, 0) is 0 Å². The first-order valence-electron chi connectivity index (χ1n) is 21.2. The highest BCUT2D eigenvalue weighted by molar-refractivity contribution is 7.26. The Hall–Kier alpha value is -8.19. The van der Waals surface area contributed by atoms with Crippen LogP contribution in [0.3, 0.4) is 0 Å². The van der Waals surface area contributed by atoms with E-state index in [-0.39, 0.29) is 0 Å². The molecule has 13 rings (SSSR count). The smallest absolute Gasteiger partial charge is 0.164 e. The lowest BCUT2D eigenvalue weighted by molar-refractivity contribution is 1.07. The highest BCUT2D eigenvalue weighted by Crippen LogP contribution is 2.44. The molecule has 0 amide bonds. The van der Waals surface area contributed by atoms with Crippen molar-refractivity contribution in [3.63, 3.8) is 0 Å². The number of benzene rings is 9. The molecule has 4 aromatic heterocycles. The molecule has 6 heteroatoms. The number of hydrogen-bond acceptors (Lipinski definition) is 4. The van der Waals surface area contributed by atoms with Crippen molar-refractivity contribution < 1.29 is 0 Å². The first-order valence-corrected chi connectivity index (χ1v) is 22.0. The largest absolute Gasteiger partial charge is 0.309 e. The molecule has 0 aliphatic heterocycles. The number of thiophene rings is 1. The van der Waals surface area contributed by atoms with Gasteiger partial charge in [0.1, 0.15) is 0 Å². The second kappa shape index (κ2) is 14.2. The molecule has 13 aromatic rings. The Bertz CT molecular complexity index is 3850. The lowest BCUT2D eigenvalue weighted by atomic mass is 10.0. The molecular weight excluding hydrogens is 787 g/mol. The van der Waals surface area contributed by atoms with Gasteiger partial charge in [-0.15, -0.1) is 11.3 Å². The van der Waals surface area contributed by atoms with Crippen molar-refractivity contribution in [1.82, 2.24) is 24.1 Å². The van der Waals surface area contributed by atoms with E-state index < -0.39 is 0 Å². The van der Waals surface area contributed by atoms with Crippen molar-refractivity contribution in [1.29, 1.82) is 0 Å². The van der Waals surface area contributed by atoms with Gasteiger partial charge in [-0.2, -0.15) is 0 Å². The van der Waals surface area contributed by atoms with Crippen molar-refractivity contribution in [3.05, 3.63) is 212 Å². The lowest BCUT2D eigenvalue weighted by Gasteiger charge is -2.13. The predicted octanol–water partition coefficient (Wildman–Crippen LogP) is 15.1. The topological polar surface area (TPSA) is 48.5 Å². The Morgan fingerprint density at radius 2 is 0.857 bits per heavy atom. The highest BCUT2D eigenvalue weighted by Gasteiger charge is 2.21. The molecule has 0 aliphatic carbocycles. The number of nitrogens with zero attached hydrogens (tertiary/aromatic N) is 5. The average molecular weight is 822 g/mol. The van der Waals surface area contributed by atoms with E-state index in [0.717, 1.165) is 33.6 Å². The molecule has 294 valence electrons. The van der Waals surface area contributed by atoms with Crippen LogP contribution in [0.15, 0.2) is 212 Å². The molecule has 0 bridgehead atoms. The highest BCUT2D eigenvalue weighted by atomic mass is 32.1. The summed E-state index contributed by atoms with van der Waals surface area (Å²) in [6, 6.07) is 75.7. The van der Waals surface area contributed by atoms with Crippen LogP contribution in [0.1, 0.15) is 0 Å². The minimum Gasteiger partial charge on any atom is -0.309 e. The summed E-state index contributed by atoms with van der Waals surface area (Å²) < 4.78 is 7.43. The minimum atomic E-state index is 0.623. The molecule has 0 aliphatic rings. The maximum atomic E-state index is 5.12. The van der Waals surface area contributed by atoms with Gasteiger partial charge in [-0.25, -0.2) is 15.0 Å². The summed E-state index contributed by atoms with van der Waals surface area (Å²) in [6.07, 6.45) is 0. The van der Waals surface area contributed by atoms with E-state index in [0.29, 0.717) is 17.5 Å². The van der Waals surface area contributed by atoms with E-state index in [1.807, 2.05) is 47.7 Å². The number of rotatable bonds is 6. The van der Waals surface area contributed by atoms with E-state index in [2.05, 4.69) is 185 Å². The van der Waals surface area contributed by atoms with Gasteiger partial charge >= 0.3 is 0 Å². The number of hydrogen-bond donors (Lipinski definition) is 0. The van der Waals surface area contributed by atoms with Gasteiger partial charge in [-0.3, -0.25) is 0 Å². The fourth-order valence-corrected chi connectivity index (χ4v) is 10.7. The van der Waals surface area contributed by atoms with Crippen LogP contribution in [0.4, 0.5) is 0 Å². The standard InChI is InChI=1S/C57H35N5S/c1-4-15-36(16-5-1)39-27-32-50-48(34-39)43-23-10-12-25-49(43)61(50)42-28-29-44-46-30-31-47-45-24-11-13-26-52(45)63-54(47)53(46)62(51(44)35-42)41-22-14-21-40(33-41)57-59-55(37-17-6-2-7-18-37)58-56(60-57)38-19-8-3-9-20-38/h1-35H. The molecule has 0 atom stereocenters. The van der Waals surface area contributed by atoms with Gasteiger partial charge in [0.05, 0.1) is 26.8 Å². The number of para-hydroxylation sites is 1. The molecule has 0 spiro atoms. The molecule has 0 saturated heterocycles. The predicted molar refractivity (Wildman–Crippen MR) is 263 cm³/mol. The summed E-state index contributed by atoms with van der Waals surface area (Å²) in [5.74, 6) is 1.90. The first kappa shape index (κ1) is 35.6. The van der Waals surface area contributed by atoms with E-state index >= 15 is 0 Å². The van der Waals surface area contributed by atoms with Gasteiger partial charge in [-0.05, 0) is 59.7 Å². The summed E-state index contributed by atoms with van der Waals surface area (Å²) in [5, 5.41) is 7.41. The van der Waals surface area contributed by atoms with Crippen LogP contribution < -0.4 is 0 Å². The van der Waals surface area contributed by atoms with Crippen molar-refractivity contribution in [2.45, 2.75) is 0 Å². The van der Waals surface area contributed by atoms with Crippen LogP contribution >= 0.6 is 11.3 Å². The zero-order chi connectivity index (χ0) is 41.4. The normalized spacial score (nSPS) is 11.8. The number of aromatic nitrogens is 5. The van der Waals surface area contributed by atoms with Crippen LogP contribution in [0, 0.1) is 0 Å². The molecule has 9 aromatic carbocycles. The van der Waals surface area contributed by atoms with E-state index in [4.69, 9.17) is 15.0 Å². The summed E-state index contributed by atoms with van der Waals surface area (Å²) in [5.41, 5.74) is 12.0. The molecule has 0 saturated carbocycles. The Balaban J connectivity index is 1.07. The molecule has 0 N–H and O–H groups in total. The van der Waals surface area contributed by atoms with Gasteiger partial charge in [0, 0.05) is 65.1 Å². The maximum Gasteiger partial charge on any atom is 0.164 e. The molecule has 5 nitrogen and oxygen atoms in total. The third-order valence-corrected chi connectivity index (χ3v) is 13.5. The van der Waals surface area contributed by atoms with Crippen molar-refractivity contribution in [3.8, 4) is 56.7 Å². The summed E-state index contributed by atoms with van der Waals surface area (Å²) in [4.78, 5) is 15.2. The fraction of sp³-hybridized carbons (Fsp3) is 0. The monoisotopic (exact) mass is 821 g/mol. The van der Waals surface area contributed by atoms with Gasteiger partial charge in [-0.1, -0.05) is 164 Å². The van der Waals surface area contributed by atoms with Crippen molar-refractivity contribution in [2.75, 3.05) is 0 Å². The fourth-order valence-electron chi connectivity index (χ4n) is 9.46. The van der Waals surface area contributed by atoms with Crippen LogP contribution in [0.5, 0.6) is 0 Å². The quantitative estimate of drug-likeness (QED) is 0.168. The van der Waals surface area contributed by atoms with Crippen molar-refractivity contribution in [2.24, 2.45) is 0 Å². The summed E-state index contributed by atoms with van der Waals surface area (Å²) in [6.45, 7) is 0. The Morgan fingerprint density at radius 1 is 0.302 bits per heavy atom. The zero-order valence-electron chi connectivity index (χ0n) is 33.9. The maximum absolute atomic E-state index is 5.12. The average Bonchev–Trinajstić information content (AvgIpc) is 4.02. The Morgan fingerprint density at radius 3 is 1.60 bits per heavy atom. The van der Waals surface area contributed by atoms with Gasteiger partial charge in [0.25, 0.3) is 0 Å². The second-order valence-corrected chi connectivity index (χ2v) is 17.1. The zero-order valence-corrected chi connectivity index (χ0v) is 34.7. The summed E-state index contributed by atoms with van der Waals surface area (Å²) in [7, 11) is 0. The molecule has 63 heavy (non-hydrogen) atoms. The molecule has 0 fully saturated rings. The Kier molecular flexibility index (Phi) is 8.01. The van der Waals surface area contributed by atoms with Crippen LogP contribution in [0.25, 0.3) is 120 Å². The summed E-state index contributed by atoms with van der Waals surface area (Å²) >= 11 is 1.86. The van der Waals surface area contributed by atoms with Crippen LogP contribution in [-0.4, -0.2) is 24.1 Å².